The van der Waals surface area contributed by atoms with Crippen molar-refractivity contribution in [2.45, 2.75) is 18.6 Å². The van der Waals surface area contributed by atoms with E-state index in [-0.39, 0.29) is 11.4 Å². The second kappa shape index (κ2) is 11.4. The number of ether oxygens (including phenoxy) is 1. The van der Waals surface area contributed by atoms with Crippen molar-refractivity contribution in [2.24, 2.45) is 0 Å². The Morgan fingerprint density at radius 3 is 2.60 bits per heavy atom. The molecule has 0 unspecified atom stereocenters. The number of carbonyl (C=O) groups excluding carboxylic acids is 2. The zero-order chi connectivity index (χ0) is 24.9. The van der Waals surface area contributed by atoms with E-state index in [4.69, 9.17) is 39.5 Å². The van der Waals surface area contributed by atoms with Crippen LogP contribution in [0.25, 0.3) is 11.0 Å². The van der Waals surface area contributed by atoms with Gasteiger partial charge in [-0.2, -0.15) is 0 Å². The molecule has 0 bridgehead atoms. The molecule has 10 heteroatoms. The van der Waals surface area contributed by atoms with Crippen LogP contribution >= 0.6 is 46.6 Å². The molecule has 4 rings (SSSR count). The molecule has 0 aliphatic carbocycles. The van der Waals surface area contributed by atoms with E-state index in [0.29, 0.717) is 26.8 Å². The van der Waals surface area contributed by atoms with Crippen molar-refractivity contribution in [1.29, 1.82) is 0 Å². The number of thioether (sulfide) groups is 1. The van der Waals surface area contributed by atoms with E-state index in [1.165, 1.54) is 11.8 Å². The second-order valence-electron chi connectivity index (χ2n) is 7.65. The van der Waals surface area contributed by atoms with Crippen LogP contribution in [0.15, 0.2) is 65.8 Å². The van der Waals surface area contributed by atoms with Crippen molar-refractivity contribution in [3.8, 4) is 0 Å². The van der Waals surface area contributed by atoms with Crippen molar-refractivity contribution < 1.29 is 14.3 Å². The van der Waals surface area contributed by atoms with E-state index in [9.17, 15) is 9.59 Å². The molecule has 180 valence electrons. The molecule has 3 aromatic carbocycles. The van der Waals surface area contributed by atoms with Gasteiger partial charge in [-0.15, -0.1) is 0 Å². The lowest BCUT2D eigenvalue weighted by molar-refractivity contribution is -0.144. The number of hydrogen-bond acceptors (Lipinski definition) is 5. The first kappa shape index (κ1) is 25.4. The van der Waals surface area contributed by atoms with Crippen molar-refractivity contribution in [3.63, 3.8) is 0 Å². The van der Waals surface area contributed by atoms with E-state index in [1.54, 1.807) is 31.2 Å². The topological polar surface area (TPSA) is 73.2 Å². The fourth-order valence-corrected chi connectivity index (χ4v) is 4.81. The predicted octanol–water partition coefficient (Wildman–Crippen LogP) is 6.63. The number of aryl methyl sites for hydroxylation is 1. The highest BCUT2D eigenvalue weighted by molar-refractivity contribution is 7.99. The van der Waals surface area contributed by atoms with Crippen LogP contribution < -0.4 is 5.32 Å². The van der Waals surface area contributed by atoms with E-state index in [0.717, 1.165) is 22.2 Å². The van der Waals surface area contributed by atoms with Gasteiger partial charge in [0.1, 0.15) is 0 Å². The maximum Gasteiger partial charge on any atom is 0.316 e. The number of rotatable bonds is 8. The average Bonchev–Trinajstić information content (AvgIpc) is 3.18. The molecule has 1 aromatic heterocycles. The van der Waals surface area contributed by atoms with Crippen LogP contribution in [0.4, 0.5) is 5.69 Å². The largest absolute Gasteiger partial charge is 0.455 e. The van der Waals surface area contributed by atoms with Crippen molar-refractivity contribution in [3.05, 3.63) is 86.9 Å². The van der Waals surface area contributed by atoms with Crippen molar-refractivity contribution in [2.75, 3.05) is 17.7 Å². The van der Waals surface area contributed by atoms with Crippen LogP contribution in [0.3, 0.4) is 0 Å². The Morgan fingerprint density at radius 2 is 1.83 bits per heavy atom. The quantitative estimate of drug-likeness (QED) is 0.198. The van der Waals surface area contributed by atoms with Gasteiger partial charge in [0.2, 0.25) is 0 Å². The number of hydrogen-bond donors (Lipinski definition) is 1. The number of nitrogens with zero attached hydrogens (tertiary/aromatic N) is 2. The molecule has 0 spiro atoms. The summed E-state index contributed by atoms with van der Waals surface area (Å²) in [5.41, 5.74) is 3.78. The number of nitrogens with one attached hydrogen (secondary N) is 1. The van der Waals surface area contributed by atoms with Crippen LogP contribution in [0.5, 0.6) is 0 Å². The molecule has 0 aliphatic rings. The summed E-state index contributed by atoms with van der Waals surface area (Å²) in [6.07, 6.45) is 0. The highest BCUT2D eigenvalue weighted by atomic mass is 35.5. The van der Waals surface area contributed by atoms with E-state index in [1.807, 2.05) is 41.0 Å². The molecule has 0 radical (unpaired) electrons. The van der Waals surface area contributed by atoms with Crippen LogP contribution in [0.2, 0.25) is 15.1 Å². The number of anilines is 1. The monoisotopic (exact) mass is 547 g/mol. The Bertz CT molecular complexity index is 1390. The number of esters is 1. The van der Waals surface area contributed by atoms with Crippen molar-refractivity contribution >= 4 is 75.2 Å². The maximum absolute atomic E-state index is 12.4. The third-order valence-corrected chi connectivity index (χ3v) is 7.08. The van der Waals surface area contributed by atoms with Crippen molar-refractivity contribution in [1.82, 2.24) is 9.55 Å². The second-order valence-corrected chi connectivity index (χ2v) is 9.81. The lowest BCUT2D eigenvalue weighted by atomic mass is 10.2. The fourth-order valence-electron chi connectivity index (χ4n) is 3.37. The normalized spacial score (nSPS) is 11.0. The summed E-state index contributed by atoms with van der Waals surface area (Å²) in [5.74, 6) is -1.11. The minimum absolute atomic E-state index is 0.0227. The Labute approximate surface area is 221 Å². The molecule has 0 aliphatic heterocycles. The number of benzene rings is 3. The highest BCUT2D eigenvalue weighted by Crippen LogP contribution is 2.33. The van der Waals surface area contributed by atoms with Gasteiger partial charge >= 0.3 is 5.97 Å². The van der Waals surface area contributed by atoms with Gasteiger partial charge < -0.3 is 14.6 Å². The summed E-state index contributed by atoms with van der Waals surface area (Å²) < 4.78 is 7.16. The van der Waals surface area contributed by atoms with Gasteiger partial charge in [-0.3, -0.25) is 9.59 Å². The van der Waals surface area contributed by atoms with E-state index >= 15 is 0 Å². The lowest BCUT2D eigenvalue weighted by Gasteiger charge is -2.11. The smallest absolute Gasteiger partial charge is 0.316 e. The van der Waals surface area contributed by atoms with Crippen LogP contribution in [0, 0.1) is 6.92 Å². The van der Waals surface area contributed by atoms with Crippen LogP contribution in [0.1, 0.15) is 11.1 Å². The van der Waals surface area contributed by atoms with Gasteiger partial charge in [-0.25, -0.2) is 4.98 Å². The number of carbonyl (C=O) groups is 2. The first-order valence-electron chi connectivity index (χ1n) is 10.5. The van der Waals surface area contributed by atoms with Gasteiger partial charge in [0, 0.05) is 5.02 Å². The third-order valence-electron chi connectivity index (χ3n) is 5.09. The first-order chi connectivity index (χ1) is 16.8. The zero-order valence-corrected chi connectivity index (χ0v) is 21.6. The van der Waals surface area contributed by atoms with Gasteiger partial charge in [-0.05, 0) is 42.3 Å². The molecular weight excluding hydrogens is 529 g/mol. The first-order valence-corrected chi connectivity index (χ1v) is 12.7. The summed E-state index contributed by atoms with van der Waals surface area (Å²) in [4.78, 5) is 29.3. The number of halogens is 3. The number of fused-ring (bicyclic) bond motifs is 1. The summed E-state index contributed by atoms with van der Waals surface area (Å²) in [5, 5.41) is 4.45. The molecule has 0 saturated heterocycles. The molecule has 4 aromatic rings. The van der Waals surface area contributed by atoms with Gasteiger partial charge in [0.25, 0.3) is 5.91 Å². The Kier molecular flexibility index (Phi) is 8.23. The fraction of sp³-hybridized carbons (Fsp3) is 0.160. The minimum atomic E-state index is -0.553. The Morgan fingerprint density at radius 1 is 1.06 bits per heavy atom. The predicted molar refractivity (Wildman–Crippen MR) is 142 cm³/mol. The number of aromatic nitrogens is 2. The summed E-state index contributed by atoms with van der Waals surface area (Å²) >= 11 is 19.7. The maximum atomic E-state index is 12.4. The lowest BCUT2D eigenvalue weighted by Crippen LogP contribution is -2.22. The molecule has 1 amide bonds. The molecule has 0 atom stereocenters. The number of imidazole rings is 1. The minimum Gasteiger partial charge on any atom is -0.455 e. The van der Waals surface area contributed by atoms with Gasteiger partial charge in [-0.1, -0.05) is 83.0 Å². The standard InChI is InChI=1S/C25H20Cl3N3O3S/c1-15-7-9-18(27)24(23(15)28)30-21(32)13-34-22(33)14-35-25-29-19-11-17(26)8-10-20(19)31(25)12-16-5-3-2-4-6-16/h2-11H,12-14H2,1H3,(H,30,32). The average molecular weight is 549 g/mol. The molecule has 1 heterocycles. The van der Waals surface area contributed by atoms with E-state index in [2.05, 4.69) is 10.3 Å². The third kappa shape index (κ3) is 6.30. The van der Waals surface area contributed by atoms with Gasteiger partial charge in [0.15, 0.2) is 11.8 Å². The molecule has 0 saturated carbocycles. The Hall–Kier alpha value is -2.71. The van der Waals surface area contributed by atoms with Crippen LogP contribution in [-0.4, -0.2) is 33.8 Å². The summed E-state index contributed by atoms with van der Waals surface area (Å²) in [7, 11) is 0. The summed E-state index contributed by atoms with van der Waals surface area (Å²) in [6.45, 7) is 1.91. The van der Waals surface area contributed by atoms with Gasteiger partial charge in [0.05, 0.1) is 39.1 Å². The summed E-state index contributed by atoms with van der Waals surface area (Å²) in [6, 6.07) is 18.8. The molecule has 0 fully saturated rings. The highest BCUT2D eigenvalue weighted by Gasteiger charge is 2.17. The van der Waals surface area contributed by atoms with E-state index < -0.39 is 18.5 Å². The molecule has 1 N–H and O–H groups in total. The van der Waals surface area contributed by atoms with Crippen LogP contribution in [-0.2, 0) is 20.9 Å². The molecule has 6 nitrogen and oxygen atoms in total. The zero-order valence-electron chi connectivity index (χ0n) is 18.6. The Balaban J connectivity index is 1.40. The SMILES string of the molecule is Cc1ccc(Cl)c(NC(=O)COC(=O)CSc2nc3cc(Cl)ccc3n2Cc2ccccc2)c1Cl. The molecular formula is C25H20Cl3N3O3S. The number of amides is 1. The molecule has 35 heavy (non-hydrogen) atoms.